The largest absolute Gasteiger partial charge is 0.497 e. The van der Waals surface area contributed by atoms with E-state index in [-0.39, 0.29) is 12.0 Å². The van der Waals surface area contributed by atoms with E-state index < -0.39 is 5.97 Å². The van der Waals surface area contributed by atoms with Gasteiger partial charge in [-0.05, 0) is 43.4 Å². The molecule has 0 aliphatic carbocycles. The second kappa shape index (κ2) is 5.68. The smallest absolute Gasteiger partial charge is 0.308 e. The Morgan fingerprint density at radius 1 is 1.38 bits per heavy atom. The highest BCUT2D eigenvalue weighted by Crippen LogP contribution is 2.47. The molecule has 3 rings (SSSR count). The molecule has 2 saturated heterocycles. The van der Waals surface area contributed by atoms with Gasteiger partial charge in [-0.3, -0.25) is 9.69 Å². The van der Waals surface area contributed by atoms with Crippen LogP contribution in [0.25, 0.3) is 0 Å². The van der Waals surface area contributed by atoms with Crippen molar-refractivity contribution in [2.24, 2.45) is 5.92 Å². The number of rotatable bonds is 5. The first-order valence-electron chi connectivity index (χ1n) is 7.80. The molecule has 4 unspecified atom stereocenters. The van der Waals surface area contributed by atoms with E-state index in [1.165, 1.54) is 5.56 Å². The zero-order valence-corrected chi connectivity index (χ0v) is 12.7. The van der Waals surface area contributed by atoms with Gasteiger partial charge in [0.1, 0.15) is 5.75 Å². The molecule has 2 heterocycles. The Morgan fingerprint density at radius 2 is 2.10 bits per heavy atom. The van der Waals surface area contributed by atoms with Crippen LogP contribution in [-0.2, 0) is 4.79 Å². The molecule has 1 aromatic rings. The summed E-state index contributed by atoms with van der Waals surface area (Å²) in [6.07, 6.45) is 3.98. The van der Waals surface area contributed by atoms with E-state index in [0.29, 0.717) is 12.1 Å². The van der Waals surface area contributed by atoms with Gasteiger partial charge < -0.3 is 9.84 Å². The topological polar surface area (TPSA) is 49.8 Å². The number of carboxylic acid groups (broad SMARTS) is 1. The summed E-state index contributed by atoms with van der Waals surface area (Å²) in [6, 6.07) is 9.16. The standard InChI is InChI=1S/C17H23NO3/c1-3-15(11-4-7-13(21-2)8-5-11)18-12-6-9-16(18)14(10-12)17(19)20/h4-5,7-8,12,14-16H,3,6,9-10H2,1-2H3,(H,19,20). The van der Waals surface area contributed by atoms with Gasteiger partial charge in [-0.2, -0.15) is 0 Å². The van der Waals surface area contributed by atoms with E-state index >= 15 is 0 Å². The van der Waals surface area contributed by atoms with Crippen LogP contribution in [0.2, 0.25) is 0 Å². The maximum atomic E-state index is 11.4. The molecule has 1 aromatic carbocycles. The number of carbonyl (C=O) groups is 1. The summed E-state index contributed by atoms with van der Waals surface area (Å²) in [7, 11) is 1.67. The van der Waals surface area contributed by atoms with Crippen LogP contribution in [0, 0.1) is 5.92 Å². The van der Waals surface area contributed by atoms with E-state index in [2.05, 4.69) is 24.0 Å². The molecule has 0 saturated carbocycles. The molecular formula is C17H23NO3. The van der Waals surface area contributed by atoms with E-state index in [1.807, 2.05) is 12.1 Å². The number of ether oxygens (including phenoxy) is 1. The van der Waals surface area contributed by atoms with Gasteiger partial charge in [0.25, 0.3) is 0 Å². The number of fused-ring (bicyclic) bond motifs is 2. The number of hydrogen-bond acceptors (Lipinski definition) is 3. The van der Waals surface area contributed by atoms with E-state index in [1.54, 1.807) is 7.11 Å². The van der Waals surface area contributed by atoms with Gasteiger partial charge in [0, 0.05) is 18.1 Å². The maximum absolute atomic E-state index is 11.4. The Morgan fingerprint density at radius 3 is 2.62 bits per heavy atom. The molecule has 21 heavy (non-hydrogen) atoms. The van der Waals surface area contributed by atoms with Crippen molar-refractivity contribution in [2.45, 2.75) is 50.7 Å². The lowest BCUT2D eigenvalue weighted by molar-refractivity contribution is -0.142. The summed E-state index contributed by atoms with van der Waals surface area (Å²) in [5.41, 5.74) is 1.27. The third-order valence-electron chi connectivity index (χ3n) is 5.16. The van der Waals surface area contributed by atoms with Crippen molar-refractivity contribution >= 4 is 5.97 Å². The molecular weight excluding hydrogens is 266 g/mol. The predicted molar refractivity (Wildman–Crippen MR) is 80.4 cm³/mol. The van der Waals surface area contributed by atoms with E-state index in [9.17, 15) is 9.90 Å². The van der Waals surface area contributed by atoms with Gasteiger partial charge in [0.05, 0.1) is 13.0 Å². The fraction of sp³-hybridized carbons (Fsp3) is 0.588. The zero-order valence-electron chi connectivity index (χ0n) is 12.7. The Hall–Kier alpha value is -1.55. The van der Waals surface area contributed by atoms with Crippen LogP contribution in [0.5, 0.6) is 5.75 Å². The molecule has 2 fully saturated rings. The minimum Gasteiger partial charge on any atom is -0.497 e. The quantitative estimate of drug-likeness (QED) is 0.905. The second-order valence-electron chi connectivity index (χ2n) is 6.12. The minimum atomic E-state index is -0.628. The summed E-state index contributed by atoms with van der Waals surface area (Å²) >= 11 is 0. The number of carboxylic acids is 1. The van der Waals surface area contributed by atoms with Crippen LogP contribution < -0.4 is 4.74 Å². The van der Waals surface area contributed by atoms with Crippen LogP contribution >= 0.6 is 0 Å². The minimum absolute atomic E-state index is 0.184. The Kier molecular flexibility index (Phi) is 3.89. The van der Waals surface area contributed by atoms with Crippen LogP contribution in [0.1, 0.15) is 44.2 Å². The normalized spacial score (nSPS) is 29.5. The van der Waals surface area contributed by atoms with Gasteiger partial charge in [0.2, 0.25) is 0 Å². The first-order valence-corrected chi connectivity index (χ1v) is 7.80. The SMILES string of the molecule is CCC(c1ccc(OC)cc1)N1C2CCC1C(C(=O)O)C2. The van der Waals surface area contributed by atoms with Crippen LogP contribution in [-0.4, -0.2) is 35.2 Å². The van der Waals surface area contributed by atoms with Gasteiger partial charge in [0.15, 0.2) is 0 Å². The van der Waals surface area contributed by atoms with E-state index in [4.69, 9.17) is 4.74 Å². The predicted octanol–water partition coefficient (Wildman–Crippen LogP) is 3.08. The van der Waals surface area contributed by atoms with Gasteiger partial charge in [-0.1, -0.05) is 19.1 Å². The highest BCUT2D eigenvalue weighted by atomic mass is 16.5. The molecule has 2 aliphatic heterocycles. The molecule has 4 heteroatoms. The monoisotopic (exact) mass is 289 g/mol. The zero-order chi connectivity index (χ0) is 15.0. The van der Waals surface area contributed by atoms with Crippen molar-refractivity contribution < 1.29 is 14.6 Å². The van der Waals surface area contributed by atoms with Crippen LogP contribution in [0.3, 0.4) is 0 Å². The lowest BCUT2D eigenvalue weighted by atomic mass is 9.89. The number of aliphatic carboxylic acids is 1. The van der Waals surface area contributed by atoms with Crippen molar-refractivity contribution in [3.63, 3.8) is 0 Å². The summed E-state index contributed by atoms with van der Waals surface area (Å²) in [6.45, 7) is 2.18. The maximum Gasteiger partial charge on any atom is 0.308 e. The number of hydrogen-bond donors (Lipinski definition) is 1. The average Bonchev–Trinajstić information content (AvgIpc) is 3.07. The van der Waals surface area contributed by atoms with Gasteiger partial charge in [-0.25, -0.2) is 0 Å². The van der Waals surface area contributed by atoms with Gasteiger partial charge in [-0.15, -0.1) is 0 Å². The first kappa shape index (κ1) is 14.4. The first-order chi connectivity index (χ1) is 10.2. The van der Waals surface area contributed by atoms with Crippen molar-refractivity contribution in [1.82, 2.24) is 4.90 Å². The molecule has 0 amide bonds. The molecule has 114 valence electrons. The van der Waals surface area contributed by atoms with Crippen molar-refractivity contribution in [3.05, 3.63) is 29.8 Å². The summed E-state index contributed by atoms with van der Waals surface area (Å²) < 4.78 is 5.22. The molecule has 0 spiro atoms. The lowest BCUT2D eigenvalue weighted by Gasteiger charge is -2.32. The van der Waals surface area contributed by atoms with E-state index in [0.717, 1.165) is 31.4 Å². The third kappa shape index (κ3) is 2.42. The fourth-order valence-electron chi connectivity index (χ4n) is 4.23. The summed E-state index contributed by atoms with van der Waals surface area (Å²) in [5.74, 6) is 0.0502. The number of nitrogens with zero attached hydrogens (tertiary/aromatic N) is 1. The van der Waals surface area contributed by atoms with Crippen molar-refractivity contribution in [1.29, 1.82) is 0 Å². The molecule has 1 N–H and O–H groups in total. The fourth-order valence-corrected chi connectivity index (χ4v) is 4.23. The summed E-state index contributed by atoms with van der Waals surface area (Å²) in [4.78, 5) is 13.9. The molecule has 0 aromatic heterocycles. The molecule has 2 aliphatic rings. The lowest BCUT2D eigenvalue weighted by Crippen LogP contribution is -2.35. The molecule has 0 radical (unpaired) electrons. The average molecular weight is 289 g/mol. The Balaban J connectivity index is 1.85. The second-order valence-corrected chi connectivity index (χ2v) is 6.12. The van der Waals surface area contributed by atoms with Crippen molar-refractivity contribution in [3.8, 4) is 5.75 Å². The Labute approximate surface area is 125 Å². The molecule has 4 nitrogen and oxygen atoms in total. The van der Waals surface area contributed by atoms with Crippen LogP contribution in [0.15, 0.2) is 24.3 Å². The highest BCUT2D eigenvalue weighted by Gasteiger charge is 2.51. The Bertz CT molecular complexity index is 513. The molecule has 4 atom stereocenters. The third-order valence-corrected chi connectivity index (χ3v) is 5.16. The van der Waals surface area contributed by atoms with Crippen LogP contribution in [0.4, 0.5) is 0 Å². The number of benzene rings is 1. The molecule has 2 bridgehead atoms. The van der Waals surface area contributed by atoms with Gasteiger partial charge >= 0.3 is 5.97 Å². The van der Waals surface area contributed by atoms with Crippen molar-refractivity contribution in [2.75, 3.05) is 7.11 Å². The number of methoxy groups -OCH3 is 1. The summed E-state index contributed by atoms with van der Waals surface area (Å²) in [5, 5.41) is 9.40. The highest BCUT2D eigenvalue weighted by molar-refractivity contribution is 5.71.